The van der Waals surface area contributed by atoms with Gasteiger partial charge in [-0.1, -0.05) is 27.7 Å². The van der Waals surface area contributed by atoms with Crippen molar-refractivity contribution in [1.82, 2.24) is 4.48 Å². The third-order valence-corrected chi connectivity index (χ3v) is 8.03. The summed E-state index contributed by atoms with van der Waals surface area (Å²) in [6.07, 6.45) is 2.56. The summed E-state index contributed by atoms with van der Waals surface area (Å²) in [4.78, 5) is 2.65. The second kappa shape index (κ2) is 5.42. The average molecular weight is 376 g/mol. The zero-order valence-electron chi connectivity index (χ0n) is 18.7. The topological polar surface area (TPSA) is 3.24 Å². The van der Waals surface area contributed by atoms with E-state index in [1.807, 2.05) is 0 Å². The van der Waals surface area contributed by atoms with Gasteiger partial charge in [-0.05, 0) is 78.0 Å². The van der Waals surface area contributed by atoms with Crippen LogP contribution in [0, 0.1) is 13.8 Å². The zero-order chi connectivity index (χ0) is 20.1. The molecule has 0 saturated heterocycles. The van der Waals surface area contributed by atoms with Crippen LogP contribution in [0.25, 0.3) is 0 Å². The maximum absolute atomic E-state index is 2.65. The first-order valence-corrected chi connectivity index (χ1v) is 10.9. The second-order valence-corrected chi connectivity index (χ2v) is 11.3. The van der Waals surface area contributed by atoms with Crippen LogP contribution in [0.5, 0.6) is 0 Å². The van der Waals surface area contributed by atoms with Gasteiger partial charge in [-0.2, -0.15) is 0 Å². The third kappa shape index (κ3) is 2.43. The molecule has 148 valence electrons. The van der Waals surface area contributed by atoms with Gasteiger partial charge >= 0.3 is 0 Å². The van der Waals surface area contributed by atoms with Gasteiger partial charge in [-0.3, -0.25) is 4.48 Å². The molecule has 0 radical (unpaired) electrons. The van der Waals surface area contributed by atoms with E-state index in [0.29, 0.717) is 0 Å². The molecule has 28 heavy (non-hydrogen) atoms. The maximum Gasteiger partial charge on any atom is 0.159 e. The van der Waals surface area contributed by atoms with E-state index in [-0.39, 0.29) is 10.8 Å². The Bertz CT molecular complexity index is 998. The van der Waals surface area contributed by atoms with Crippen molar-refractivity contribution in [3.63, 3.8) is 0 Å². The molecule has 0 aromatic heterocycles. The summed E-state index contributed by atoms with van der Waals surface area (Å²) in [5, 5.41) is 0. The number of rotatable bonds is 0. The van der Waals surface area contributed by atoms with Gasteiger partial charge in [0, 0.05) is 17.2 Å². The van der Waals surface area contributed by atoms with Crippen LogP contribution in [-0.4, -0.2) is 13.7 Å². The van der Waals surface area contributed by atoms with E-state index >= 15 is 0 Å². The molecule has 1 unspecified atom stereocenters. The Morgan fingerprint density at radius 2 is 1.43 bits per heavy atom. The fraction of sp³-hybridized carbons (Fsp3) is 0.538. The van der Waals surface area contributed by atoms with E-state index in [1.54, 1.807) is 16.7 Å². The lowest BCUT2D eigenvalue weighted by molar-refractivity contribution is 0.284. The van der Waals surface area contributed by atoms with Crippen molar-refractivity contribution in [2.45, 2.75) is 78.3 Å². The molecule has 2 bridgehead atoms. The molecule has 0 N–H and O–H groups in total. The van der Waals surface area contributed by atoms with Crippen molar-refractivity contribution in [1.29, 1.82) is 0 Å². The Morgan fingerprint density at radius 3 is 2.11 bits per heavy atom. The summed E-state index contributed by atoms with van der Waals surface area (Å²) in [6.45, 7) is 17.5. The molecular weight excluding hydrogens is 340 g/mol. The fourth-order valence-electron chi connectivity index (χ4n) is 5.94. The summed E-state index contributed by atoms with van der Waals surface area (Å²) in [6, 6.07) is 10.0. The van der Waals surface area contributed by atoms with Crippen LogP contribution in [0.2, 0.25) is 0 Å². The zero-order valence-corrected chi connectivity index (χ0v) is 18.7. The molecule has 1 aliphatic carbocycles. The lowest BCUT2D eigenvalue weighted by atomic mass is 9.62. The second-order valence-electron chi connectivity index (χ2n) is 11.3. The predicted octanol–water partition coefficient (Wildman–Crippen LogP) is 6.08. The van der Waals surface area contributed by atoms with E-state index in [2.05, 4.69) is 77.8 Å². The Kier molecular flexibility index (Phi) is 3.53. The molecule has 0 spiro atoms. The molecule has 2 aliphatic heterocycles. The molecule has 2 heterocycles. The maximum atomic E-state index is 2.65. The highest BCUT2D eigenvalue weighted by atomic mass is 15.5. The largest absolute Gasteiger partial charge is 0.320 e. The van der Waals surface area contributed by atoms with Gasteiger partial charge in [0.2, 0.25) is 0 Å². The van der Waals surface area contributed by atoms with Gasteiger partial charge in [-0.25, -0.2) is 0 Å². The fourth-order valence-corrected chi connectivity index (χ4v) is 5.94. The number of fused-ring (bicyclic) bond motifs is 7. The first kappa shape index (κ1) is 18.2. The van der Waals surface area contributed by atoms with Gasteiger partial charge in [0.25, 0.3) is 0 Å². The van der Waals surface area contributed by atoms with Crippen LogP contribution in [0.3, 0.4) is 0 Å². The molecule has 2 aromatic rings. The number of benzene rings is 2. The van der Waals surface area contributed by atoms with Crippen molar-refractivity contribution in [2.75, 3.05) is 18.6 Å². The number of hydrogen-bond acceptors (Lipinski definition) is 1. The van der Waals surface area contributed by atoms with E-state index in [1.165, 1.54) is 40.9 Å². The average Bonchev–Trinajstić information content (AvgIpc) is 2.60. The Morgan fingerprint density at radius 1 is 0.821 bits per heavy atom. The first-order valence-electron chi connectivity index (χ1n) is 10.9. The third-order valence-electron chi connectivity index (χ3n) is 8.03. The highest BCUT2D eigenvalue weighted by Crippen LogP contribution is 2.50. The number of nitrogens with zero attached hydrogens (tertiary/aromatic N) is 2. The highest BCUT2D eigenvalue weighted by molar-refractivity contribution is 5.69. The molecule has 2 nitrogen and oxygen atoms in total. The number of quaternary nitrogens is 1. The Balaban J connectivity index is 1.69. The Hall–Kier alpha value is -1.80. The molecule has 1 atom stereocenters. The minimum atomic E-state index is 0.275. The van der Waals surface area contributed by atoms with Crippen LogP contribution in [-0.2, 0) is 23.9 Å². The van der Waals surface area contributed by atoms with E-state index < -0.39 is 0 Å². The van der Waals surface area contributed by atoms with Crippen LogP contribution in [0.1, 0.15) is 73.9 Å². The van der Waals surface area contributed by atoms with Gasteiger partial charge < -0.3 is 4.90 Å². The highest BCUT2D eigenvalue weighted by Gasteiger charge is 2.44. The van der Waals surface area contributed by atoms with Crippen LogP contribution in [0.4, 0.5) is 11.4 Å². The number of anilines is 1. The van der Waals surface area contributed by atoms with Crippen molar-refractivity contribution < 1.29 is 0 Å². The molecule has 0 fully saturated rings. The van der Waals surface area contributed by atoms with Crippen molar-refractivity contribution in [3.05, 3.63) is 57.6 Å². The van der Waals surface area contributed by atoms with Crippen molar-refractivity contribution in [3.8, 4) is 0 Å². The molecule has 3 aliphatic rings. The first-order chi connectivity index (χ1) is 13.0. The molecule has 0 amide bonds. The minimum Gasteiger partial charge on any atom is -0.320 e. The normalized spacial score (nSPS) is 26.3. The van der Waals surface area contributed by atoms with Gasteiger partial charge in [0.15, 0.2) is 6.67 Å². The van der Waals surface area contributed by atoms with Crippen LogP contribution < -0.4 is 9.38 Å². The monoisotopic (exact) mass is 375 g/mol. The summed E-state index contributed by atoms with van der Waals surface area (Å²) < 4.78 is 1.01. The summed E-state index contributed by atoms with van der Waals surface area (Å²) in [5.74, 6) is 0. The van der Waals surface area contributed by atoms with Gasteiger partial charge in [0.1, 0.15) is 12.2 Å². The molecule has 5 rings (SSSR count). The van der Waals surface area contributed by atoms with E-state index in [0.717, 1.165) is 24.2 Å². The minimum absolute atomic E-state index is 0.275. The predicted molar refractivity (Wildman–Crippen MR) is 120 cm³/mol. The quantitative estimate of drug-likeness (QED) is 0.504. The lowest BCUT2D eigenvalue weighted by Crippen LogP contribution is -2.58. The molecule has 2 aromatic carbocycles. The lowest BCUT2D eigenvalue weighted by Gasteiger charge is -2.50. The summed E-state index contributed by atoms with van der Waals surface area (Å²) >= 11 is 0. The van der Waals surface area contributed by atoms with Crippen LogP contribution in [0.15, 0.2) is 24.3 Å². The number of hydrogen-bond donors (Lipinski definition) is 0. The van der Waals surface area contributed by atoms with E-state index in [4.69, 9.17) is 0 Å². The van der Waals surface area contributed by atoms with Crippen molar-refractivity contribution in [2.24, 2.45) is 0 Å². The molecule has 0 saturated carbocycles. The van der Waals surface area contributed by atoms with Crippen molar-refractivity contribution >= 4 is 11.4 Å². The number of aryl methyl sites for hydroxylation is 2. The molecule has 2 heteroatoms. The van der Waals surface area contributed by atoms with Crippen LogP contribution >= 0.6 is 0 Å². The molecular formula is C26H35N2+. The van der Waals surface area contributed by atoms with E-state index in [9.17, 15) is 0 Å². The SMILES string of the molecule is Cc1cc2c(cc1C)[N+]1(C)Cc3cc4c(cc3N(C2)C1)C(C)(C)CCC4(C)C. The van der Waals surface area contributed by atoms with Gasteiger partial charge in [0.05, 0.1) is 19.3 Å². The smallest absolute Gasteiger partial charge is 0.159 e. The standard InChI is InChI=1S/C26H35N2/c1-17-10-19-14-27-16-28(7,24(19)11-18(17)2)15-20-12-21-22(13-23(20)27)26(5,6)9-8-25(21,3)4/h10-13H,8-9,14-16H2,1-7H3/q+1. The summed E-state index contributed by atoms with van der Waals surface area (Å²) in [5.41, 5.74) is 12.7. The summed E-state index contributed by atoms with van der Waals surface area (Å²) in [7, 11) is 2.43. The Labute approximate surface area is 170 Å². The van der Waals surface area contributed by atoms with Gasteiger partial charge in [-0.15, -0.1) is 0 Å².